The van der Waals surface area contributed by atoms with Gasteiger partial charge in [0.15, 0.2) is 0 Å². The minimum absolute atomic E-state index is 0.0800. The Labute approximate surface area is 101 Å². The largest absolute Gasteiger partial charge is 0.370 e. The second kappa shape index (κ2) is 4.61. The highest BCUT2D eigenvalue weighted by Crippen LogP contribution is 2.23. The number of benzene rings is 1. The van der Waals surface area contributed by atoms with Crippen molar-refractivity contribution < 1.29 is 4.92 Å². The first-order valence-electron chi connectivity index (χ1n) is 4.91. The van der Waals surface area contributed by atoms with Crippen molar-refractivity contribution in [2.75, 3.05) is 13.1 Å². The molecule has 0 fully saturated rings. The van der Waals surface area contributed by atoms with E-state index in [4.69, 9.17) is 0 Å². The van der Waals surface area contributed by atoms with E-state index in [2.05, 4.69) is 26.2 Å². The minimum Gasteiger partial charge on any atom is -0.370 e. The van der Waals surface area contributed by atoms with Crippen LogP contribution in [0.1, 0.15) is 12.0 Å². The van der Waals surface area contributed by atoms with Gasteiger partial charge in [-0.3, -0.25) is 15.1 Å². The van der Waals surface area contributed by atoms with Crippen LogP contribution in [0.3, 0.4) is 0 Å². The highest BCUT2D eigenvalue weighted by Gasteiger charge is 2.19. The molecule has 6 heteroatoms. The summed E-state index contributed by atoms with van der Waals surface area (Å²) in [7, 11) is 0. The summed E-state index contributed by atoms with van der Waals surface area (Å²) >= 11 is 3.31. The van der Waals surface area contributed by atoms with Gasteiger partial charge in [0.1, 0.15) is 5.84 Å². The summed E-state index contributed by atoms with van der Waals surface area (Å²) in [6.07, 6.45) is 0.964. The number of aliphatic imine (C=N–C) groups is 1. The molecule has 1 aromatic rings. The molecule has 0 bridgehead atoms. The van der Waals surface area contributed by atoms with Crippen molar-refractivity contribution in [1.29, 1.82) is 0 Å². The van der Waals surface area contributed by atoms with Crippen LogP contribution in [-0.4, -0.2) is 23.8 Å². The third-order valence-electron chi connectivity index (χ3n) is 2.31. The van der Waals surface area contributed by atoms with Gasteiger partial charge in [0.2, 0.25) is 0 Å². The average Bonchev–Trinajstić information content (AvgIpc) is 2.29. The maximum Gasteiger partial charge on any atom is 0.280 e. The minimum atomic E-state index is -0.388. The number of amidine groups is 1. The molecule has 0 unspecified atom stereocenters. The zero-order valence-corrected chi connectivity index (χ0v) is 10.0. The molecular weight excluding hydrogens is 274 g/mol. The van der Waals surface area contributed by atoms with Crippen molar-refractivity contribution in [3.05, 3.63) is 38.3 Å². The fraction of sp³-hybridized carbons (Fsp3) is 0.300. The monoisotopic (exact) mass is 283 g/mol. The Bertz CT molecular complexity index is 459. The van der Waals surface area contributed by atoms with Gasteiger partial charge >= 0.3 is 0 Å². The topological polar surface area (TPSA) is 67.5 Å². The maximum absolute atomic E-state index is 10.9. The molecule has 1 aliphatic rings. The summed E-state index contributed by atoms with van der Waals surface area (Å²) in [6.45, 7) is 1.52. The van der Waals surface area contributed by atoms with E-state index in [0.29, 0.717) is 17.9 Å². The number of hydrogen-bond donors (Lipinski definition) is 1. The van der Waals surface area contributed by atoms with Gasteiger partial charge in [-0.2, -0.15) is 0 Å². The van der Waals surface area contributed by atoms with Gasteiger partial charge in [0.25, 0.3) is 5.69 Å². The maximum atomic E-state index is 10.9. The highest BCUT2D eigenvalue weighted by molar-refractivity contribution is 9.10. The van der Waals surface area contributed by atoms with Gasteiger partial charge in [0.05, 0.1) is 10.5 Å². The van der Waals surface area contributed by atoms with Crippen molar-refractivity contribution in [2.24, 2.45) is 4.99 Å². The smallest absolute Gasteiger partial charge is 0.280 e. The number of hydrogen-bond acceptors (Lipinski definition) is 4. The first-order chi connectivity index (χ1) is 7.68. The van der Waals surface area contributed by atoms with Gasteiger partial charge in [-0.15, -0.1) is 0 Å². The molecule has 0 atom stereocenters. The Balaban J connectivity index is 2.48. The number of nitrogens with one attached hydrogen (secondary N) is 1. The summed E-state index contributed by atoms with van der Waals surface area (Å²) in [5.41, 5.74) is 0.621. The average molecular weight is 284 g/mol. The van der Waals surface area contributed by atoms with Crippen LogP contribution in [0, 0.1) is 10.1 Å². The molecule has 84 valence electrons. The molecule has 0 amide bonds. The van der Waals surface area contributed by atoms with Crippen LogP contribution < -0.4 is 5.32 Å². The molecule has 1 aromatic carbocycles. The zero-order valence-electron chi connectivity index (χ0n) is 8.44. The van der Waals surface area contributed by atoms with E-state index < -0.39 is 0 Å². The number of nitro groups is 1. The molecule has 0 saturated heterocycles. The number of nitro benzene ring substituents is 1. The molecule has 0 aliphatic carbocycles. The van der Waals surface area contributed by atoms with Gasteiger partial charge in [-0.1, -0.05) is 15.9 Å². The Morgan fingerprint density at radius 2 is 2.31 bits per heavy atom. The van der Waals surface area contributed by atoms with Gasteiger partial charge in [-0.05, 0) is 18.6 Å². The van der Waals surface area contributed by atoms with E-state index in [-0.39, 0.29) is 10.6 Å². The molecule has 0 aromatic heterocycles. The predicted octanol–water partition coefficient (Wildman–Crippen LogP) is 2.10. The molecule has 2 rings (SSSR count). The van der Waals surface area contributed by atoms with E-state index in [1.54, 1.807) is 12.1 Å². The zero-order chi connectivity index (χ0) is 11.5. The normalized spacial score (nSPS) is 15.2. The van der Waals surface area contributed by atoms with E-state index in [1.807, 2.05) is 0 Å². The van der Waals surface area contributed by atoms with E-state index in [9.17, 15) is 10.1 Å². The van der Waals surface area contributed by atoms with E-state index >= 15 is 0 Å². The lowest BCUT2D eigenvalue weighted by molar-refractivity contribution is -0.385. The summed E-state index contributed by atoms with van der Waals surface area (Å²) in [6, 6.07) is 4.86. The lowest BCUT2D eigenvalue weighted by Crippen LogP contribution is -2.30. The third kappa shape index (κ3) is 2.21. The lowest BCUT2D eigenvalue weighted by atomic mass is 10.1. The molecule has 0 spiro atoms. The van der Waals surface area contributed by atoms with Crippen molar-refractivity contribution >= 4 is 27.5 Å². The molecule has 0 saturated carbocycles. The molecule has 1 N–H and O–H groups in total. The second-order valence-corrected chi connectivity index (χ2v) is 4.34. The summed E-state index contributed by atoms with van der Waals surface area (Å²) in [4.78, 5) is 14.8. The van der Waals surface area contributed by atoms with Crippen molar-refractivity contribution in [3.8, 4) is 0 Å². The standard InChI is InChI=1S/C10H10BrN3O2/c11-7-2-3-9(14(15)16)8(6-7)10-12-4-1-5-13-10/h2-3,6H,1,4-5H2,(H,12,13). The van der Waals surface area contributed by atoms with Gasteiger partial charge in [0, 0.05) is 23.6 Å². The molecule has 0 radical (unpaired) electrons. The van der Waals surface area contributed by atoms with Crippen LogP contribution in [0.5, 0.6) is 0 Å². The van der Waals surface area contributed by atoms with Crippen LogP contribution in [-0.2, 0) is 0 Å². The third-order valence-corrected chi connectivity index (χ3v) is 2.80. The fourth-order valence-corrected chi connectivity index (χ4v) is 1.93. The van der Waals surface area contributed by atoms with Crippen LogP contribution >= 0.6 is 15.9 Å². The number of halogens is 1. The van der Waals surface area contributed by atoms with Gasteiger partial charge < -0.3 is 5.32 Å². The Morgan fingerprint density at radius 3 is 2.94 bits per heavy atom. The SMILES string of the molecule is O=[N+]([O-])c1ccc(Br)cc1C1=NCCCN1. The first-order valence-corrected chi connectivity index (χ1v) is 5.70. The fourth-order valence-electron chi connectivity index (χ4n) is 1.57. The van der Waals surface area contributed by atoms with Crippen LogP contribution in [0.15, 0.2) is 27.7 Å². The first kappa shape index (κ1) is 11.1. The Kier molecular flexibility index (Phi) is 3.19. The highest BCUT2D eigenvalue weighted by atomic mass is 79.9. The molecular formula is C10H10BrN3O2. The van der Waals surface area contributed by atoms with Crippen molar-refractivity contribution in [1.82, 2.24) is 5.32 Å². The number of rotatable bonds is 2. The van der Waals surface area contributed by atoms with E-state index in [0.717, 1.165) is 17.4 Å². The molecule has 1 heterocycles. The van der Waals surface area contributed by atoms with Crippen LogP contribution in [0.25, 0.3) is 0 Å². The second-order valence-electron chi connectivity index (χ2n) is 3.43. The quantitative estimate of drug-likeness (QED) is 0.668. The summed E-state index contributed by atoms with van der Waals surface area (Å²) in [5.74, 6) is 0.610. The number of nitrogens with zero attached hydrogens (tertiary/aromatic N) is 2. The molecule has 16 heavy (non-hydrogen) atoms. The predicted molar refractivity (Wildman–Crippen MR) is 64.8 cm³/mol. The Hall–Kier alpha value is -1.43. The summed E-state index contributed by atoms with van der Waals surface area (Å²) in [5, 5.41) is 14.0. The summed E-state index contributed by atoms with van der Waals surface area (Å²) < 4.78 is 0.808. The lowest BCUT2D eigenvalue weighted by Gasteiger charge is -2.14. The van der Waals surface area contributed by atoms with Crippen LogP contribution in [0.2, 0.25) is 0 Å². The molecule has 1 aliphatic heterocycles. The Morgan fingerprint density at radius 1 is 1.50 bits per heavy atom. The van der Waals surface area contributed by atoms with Gasteiger partial charge in [-0.25, -0.2) is 0 Å². The van der Waals surface area contributed by atoms with Crippen molar-refractivity contribution in [3.63, 3.8) is 0 Å². The van der Waals surface area contributed by atoms with Crippen LogP contribution in [0.4, 0.5) is 5.69 Å². The van der Waals surface area contributed by atoms with Crippen molar-refractivity contribution in [2.45, 2.75) is 6.42 Å². The molecule has 5 nitrogen and oxygen atoms in total. The van der Waals surface area contributed by atoms with E-state index in [1.165, 1.54) is 6.07 Å².